The molecule has 1 amide bonds. The molecule has 0 spiro atoms. The van der Waals surface area contributed by atoms with Crippen LogP contribution in [0.3, 0.4) is 0 Å². The highest BCUT2D eigenvalue weighted by Crippen LogP contribution is 2.28. The number of carbonyl (C=O) groups excluding carboxylic acids is 1. The summed E-state index contributed by atoms with van der Waals surface area (Å²) >= 11 is 1.73. The first-order valence-corrected chi connectivity index (χ1v) is 9.25. The van der Waals surface area contributed by atoms with Crippen LogP contribution >= 0.6 is 11.3 Å². The van der Waals surface area contributed by atoms with Gasteiger partial charge in [0.1, 0.15) is 0 Å². The zero-order valence-corrected chi connectivity index (χ0v) is 15.8. The van der Waals surface area contributed by atoms with Crippen LogP contribution in [0.1, 0.15) is 38.3 Å². The minimum Gasteiger partial charge on any atom is -0.322 e. The Morgan fingerprint density at radius 1 is 1.08 bits per heavy atom. The van der Waals surface area contributed by atoms with Gasteiger partial charge in [-0.15, -0.1) is 11.3 Å². The van der Waals surface area contributed by atoms with Crippen molar-refractivity contribution in [3.8, 4) is 11.3 Å². The fourth-order valence-electron chi connectivity index (χ4n) is 2.86. The van der Waals surface area contributed by atoms with E-state index in [1.54, 1.807) is 11.3 Å². The normalized spacial score (nSPS) is 10.7. The number of nitrogens with zero attached hydrogens (tertiary/aromatic N) is 1. The van der Waals surface area contributed by atoms with Crippen LogP contribution in [-0.4, -0.2) is 10.9 Å². The van der Waals surface area contributed by atoms with Gasteiger partial charge in [0.15, 0.2) is 0 Å². The van der Waals surface area contributed by atoms with Gasteiger partial charge >= 0.3 is 0 Å². The quantitative estimate of drug-likeness (QED) is 0.670. The summed E-state index contributed by atoms with van der Waals surface area (Å²) in [6.07, 6.45) is 0.968. The van der Waals surface area contributed by atoms with Crippen molar-refractivity contribution in [3.05, 3.63) is 69.0 Å². The van der Waals surface area contributed by atoms with E-state index >= 15 is 0 Å². The second kappa shape index (κ2) is 7.19. The van der Waals surface area contributed by atoms with Crippen LogP contribution in [0.4, 0.5) is 5.69 Å². The van der Waals surface area contributed by atoms with Crippen molar-refractivity contribution < 1.29 is 4.79 Å². The molecule has 0 saturated heterocycles. The van der Waals surface area contributed by atoms with Crippen molar-refractivity contribution in [2.45, 2.75) is 34.1 Å². The SMILES string of the molecule is CCc1sc(C)nc1-c1ccc(C(=O)Nc2ccc(C)cc2C)cc1. The third-order valence-corrected chi connectivity index (χ3v) is 5.29. The smallest absolute Gasteiger partial charge is 0.255 e. The number of thiazole rings is 1. The molecule has 1 heterocycles. The fraction of sp³-hybridized carbons (Fsp3) is 0.238. The third kappa shape index (κ3) is 3.80. The molecular formula is C21H22N2OS. The molecule has 0 bridgehead atoms. The molecule has 0 fully saturated rings. The van der Waals surface area contributed by atoms with Gasteiger partial charge in [-0.1, -0.05) is 36.8 Å². The molecule has 1 N–H and O–H groups in total. The van der Waals surface area contributed by atoms with Crippen molar-refractivity contribution in [1.29, 1.82) is 0 Å². The number of amides is 1. The van der Waals surface area contributed by atoms with Gasteiger partial charge in [0.05, 0.1) is 10.7 Å². The number of aromatic nitrogens is 1. The fourth-order valence-corrected chi connectivity index (χ4v) is 3.76. The van der Waals surface area contributed by atoms with Crippen LogP contribution in [0, 0.1) is 20.8 Å². The second-order valence-corrected chi connectivity index (χ2v) is 7.50. The summed E-state index contributed by atoms with van der Waals surface area (Å²) in [5.41, 5.74) is 5.84. The van der Waals surface area contributed by atoms with E-state index < -0.39 is 0 Å². The topological polar surface area (TPSA) is 42.0 Å². The molecule has 0 radical (unpaired) electrons. The van der Waals surface area contributed by atoms with Crippen LogP contribution < -0.4 is 5.32 Å². The summed E-state index contributed by atoms with van der Waals surface area (Å²) in [4.78, 5) is 18.4. The van der Waals surface area contributed by atoms with E-state index in [1.165, 1.54) is 10.4 Å². The van der Waals surface area contributed by atoms with Gasteiger partial charge in [-0.2, -0.15) is 0 Å². The van der Waals surface area contributed by atoms with Crippen LogP contribution in [-0.2, 0) is 6.42 Å². The first-order chi connectivity index (χ1) is 12.0. The lowest BCUT2D eigenvalue weighted by atomic mass is 10.1. The van der Waals surface area contributed by atoms with Crippen molar-refractivity contribution in [3.63, 3.8) is 0 Å². The summed E-state index contributed by atoms with van der Waals surface area (Å²) < 4.78 is 0. The van der Waals surface area contributed by atoms with E-state index in [9.17, 15) is 4.79 Å². The zero-order chi connectivity index (χ0) is 18.0. The maximum atomic E-state index is 12.5. The van der Waals surface area contributed by atoms with E-state index in [0.29, 0.717) is 5.56 Å². The van der Waals surface area contributed by atoms with Crippen LogP contribution in [0.15, 0.2) is 42.5 Å². The number of nitrogens with one attached hydrogen (secondary N) is 1. The molecule has 3 rings (SSSR count). The molecule has 0 aliphatic rings. The van der Waals surface area contributed by atoms with Gasteiger partial charge in [-0.3, -0.25) is 4.79 Å². The third-order valence-electron chi connectivity index (χ3n) is 4.18. The van der Waals surface area contributed by atoms with Gasteiger partial charge in [0.25, 0.3) is 5.91 Å². The van der Waals surface area contributed by atoms with Crippen molar-refractivity contribution in [2.24, 2.45) is 0 Å². The maximum absolute atomic E-state index is 12.5. The van der Waals surface area contributed by atoms with Crippen molar-refractivity contribution in [2.75, 3.05) is 5.32 Å². The van der Waals surface area contributed by atoms with Crippen molar-refractivity contribution in [1.82, 2.24) is 4.98 Å². The summed E-state index contributed by atoms with van der Waals surface area (Å²) in [7, 11) is 0. The summed E-state index contributed by atoms with van der Waals surface area (Å²) in [6.45, 7) is 8.21. The lowest BCUT2D eigenvalue weighted by molar-refractivity contribution is 0.102. The largest absolute Gasteiger partial charge is 0.322 e. The zero-order valence-electron chi connectivity index (χ0n) is 15.0. The van der Waals surface area contributed by atoms with Crippen molar-refractivity contribution >= 4 is 22.9 Å². The Morgan fingerprint density at radius 2 is 1.80 bits per heavy atom. The molecule has 2 aromatic carbocycles. The van der Waals surface area contributed by atoms with Crippen LogP contribution in [0.5, 0.6) is 0 Å². The second-order valence-electron chi connectivity index (χ2n) is 6.21. The molecular weight excluding hydrogens is 328 g/mol. The number of anilines is 1. The molecule has 0 unspecified atom stereocenters. The summed E-state index contributed by atoms with van der Waals surface area (Å²) in [6, 6.07) is 13.7. The van der Waals surface area contributed by atoms with Crippen LogP contribution in [0.2, 0.25) is 0 Å². The van der Waals surface area contributed by atoms with E-state index in [2.05, 4.69) is 23.3 Å². The molecule has 25 heavy (non-hydrogen) atoms. The first kappa shape index (κ1) is 17.4. The number of hydrogen-bond acceptors (Lipinski definition) is 3. The number of rotatable bonds is 4. The predicted molar refractivity (Wildman–Crippen MR) is 106 cm³/mol. The molecule has 3 nitrogen and oxygen atoms in total. The molecule has 0 aliphatic heterocycles. The molecule has 3 aromatic rings. The minimum absolute atomic E-state index is 0.0938. The maximum Gasteiger partial charge on any atom is 0.255 e. The van der Waals surface area contributed by atoms with E-state index in [0.717, 1.165) is 33.9 Å². The lowest BCUT2D eigenvalue weighted by Gasteiger charge is -2.09. The Balaban J connectivity index is 1.81. The number of benzene rings is 2. The highest BCUT2D eigenvalue weighted by molar-refractivity contribution is 7.12. The van der Waals surface area contributed by atoms with Gasteiger partial charge in [-0.05, 0) is 51.0 Å². The molecule has 0 atom stereocenters. The standard InChI is InChI=1S/C21H22N2OS/c1-5-19-20(22-15(4)25-19)16-7-9-17(10-8-16)21(24)23-18-11-6-13(2)12-14(18)3/h6-12H,5H2,1-4H3,(H,23,24). The highest BCUT2D eigenvalue weighted by atomic mass is 32.1. The van der Waals surface area contributed by atoms with Gasteiger partial charge in [-0.25, -0.2) is 4.98 Å². The van der Waals surface area contributed by atoms with Gasteiger partial charge < -0.3 is 5.32 Å². The molecule has 4 heteroatoms. The van der Waals surface area contributed by atoms with Crippen LogP contribution in [0.25, 0.3) is 11.3 Å². The van der Waals surface area contributed by atoms with E-state index in [4.69, 9.17) is 0 Å². The Kier molecular flexibility index (Phi) is 5.00. The number of hydrogen-bond donors (Lipinski definition) is 1. The summed E-state index contributed by atoms with van der Waals surface area (Å²) in [5, 5.41) is 4.06. The first-order valence-electron chi connectivity index (χ1n) is 8.43. The molecule has 1 aromatic heterocycles. The Morgan fingerprint density at radius 3 is 2.44 bits per heavy atom. The minimum atomic E-state index is -0.0938. The van der Waals surface area contributed by atoms with Gasteiger partial charge in [0.2, 0.25) is 0 Å². The Bertz CT molecular complexity index is 910. The average Bonchev–Trinajstić information content (AvgIpc) is 2.98. The predicted octanol–water partition coefficient (Wildman–Crippen LogP) is 5.55. The average molecular weight is 350 g/mol. The number of carbonyl (C=O) groups is 1. The highest BCUT2D eigenvalue weighted by Gasteiger charge is 2.12. The molecule has 0 saturated carbocycles. The molecule has 128 valence electrons. The number of aryl methyl sites for hydroxylation is 4. The summed E-state index contributed by atoms with van der Waals surface area (Å²) in [5.74, 6) is -0.0938. The Hall–Kier alpha value is -2.46. The monoisotopic (exact) mass is 350 g/mol. The molecule has 0 aliphatic carbocycles. The van der Waals surface area contributed by atoms with Gasteiger partial charge in [0, 0.05) is 21.7 Å². The van der Waals surface area contributed by atoms with E-state index in [1.807, 2.05) is 57.2 Å². The Labute approximate surface area is 152 Å². The van der Waals surface area contributed by atoms with E-state index in [-0.39, 0.29) is 5.91 Å². The lowest BCUT2D eigenvalue weighted by Crippen LogP contribution is -2.12.